The molecule has 0 bridgehead atoms. The third kappa shape index (κ3) is 5.93. The molecule has 1 saturated heterocycles. The van der Waals surface area contributed by atoms with Crippen molar-refractivity contribution in [3.63, 3.8) is 0 Å². The lowest BCUT2D eigenvalue weighted by atomic mass is 9.96. The molecule has 0 spiro atoms. The highest BCUT2D eigenvalue weighted by Gasteiger charge is 2.29. The summed E-state index contributed by atoms with van der Waals surface area (Å²) in [7, 11) is 2.21. The molecular weight excluding hydrogens is 266 g/mol. The lowest BCUT2D eigenvalue weighted by Gasteiger charge is -2.39. The van der Waals surface area contributed by atoms with Gasteiger partial charge in [0.05, 0.1) is 6.61 Å². The predicted octanol–water partition coefficient (Wildman–Crippen LogP) is 1.46. The van der Waals surface area contributed by atoms with Crippen LogP contribution in [0.4, 0.5) is 0 Å². The summed E-state index contributed by atoms with van der Waals surface area (Å²) in [5, 5.41) is 0. The highest BCUT2D eigenvalue weighted by atomic mass is 16.5. The molecule has 2 atom stereocenters. The first-order valence-electron chi connectivity index (χ1n) is 8.29. The number of hydrogen-bond donors (Lipinski definition) is 1. The van der Waals surface area contributed by atoms with E-state index in [1.54, 1.807) is 6.92 Å². The van der Waals surface area contributed by atoms with Crippen molar-refractivity contribution in [3.05, 3.63) is 0 Å². The van der Waals surface area contributed by atoms with Gasteiger partial charge in [-0.15, -0.1) is 0 Å². The first kappa shape index (κ1) is 18.4. The molecule has 1 heterocycles. The van der Waals surface area contributed by atoms with Crippen molar-refractivity contribution in [1.29, 1.82) is 0 Å². The van der Waals surface area contributed by atoms with Gasteiger partial charge in [-0.1, -0.05) is 6.92 Å². The first-order chi connectivity index (χ1) is 9.90. The molecule has 1 rings (SSSR count). The number of nitrogens with two attached hydrogens (primary N) is 1. The normalized spacial score (nSPS) is 23.8. The Morgan fingerprint density at radius 3 is 2.67 bits per heavy atom. The van der Waals surface area contributed by atoms with Crippen LogP contribution >= 0.6 is 0 Å². The summed E-state index contributed by atoms with van der Waals surface area (Å²) in [5.74, 6) is -0.282. The summed E-state index contributed by atoms with van der Waals surface area (Å²) in [4.78, 5) is 16.7. The monoisotopic (exact) mass is 299 g/mol. The number of carbonyl (C=O) groups is 1. The molecule has 0 saturated carbocycles. The molecule has 0 aromatic rings. The molecule has 124 valence electrons. The van der Waals surface area contributed by atoms with E-state index in [0.717, 1.165) is 39.0 Å². The quantitative estimate of drug-likeness (QED) is 0.543. The molecule has 1 fully saturated rings. The summed E-state index contributed by atoms with van der Waals surface area (Å²) >= 11 is 0. The largest absolute Gasteiger partial charge is 0.465 e. The third-order valence-electron chi connectivity index (χ3n) is 4.49. The van der Waals surface area contributed by atoms with Gasteiger partial charge in [0, 0.05) is 25.7 Å². The highest BCUT2D eigenvalue weighted by Crippen LogP contribution is 2.15. The van der Waals surface area contributed by atoms with E-state index in [1.165, 1.54) is 6.42 Å². The minimum atomic E-state index is -0.843. The van der Waals surface area contributed by atoms with Crippen LogP contribution < -0.4 is 5.73 Å². The van der Waals surface area contributed by atoms with Gasteiger partial charge in [0.2, 0.25) is 0 Å². The molecule has 0 aromatic carbocycles. The van der Waals surface area contributed by atoms with Crippen LogP contribution in [-0.2, 0) is 9.53 Å². The van der Waals surface area contributed by atoms with Crippen LogP contribution in [0.2, 0.25) is 0 Å². The molecule has 0 amide bonds. The number of piperazine rings is 1. The zero-order valence-corrected chi connectivity index (χ0v) is 14.2. The fraction of sp³-hybridized carbons (Fsp3) is 0.938. The Hall–Kier alpha value is -0.650. The van der Waals surface area contributed by atoms with Crippen molar-refractivity contribution in [2.75, 3.05) is 39.8 Å². The lowest BCUT2D eigenvalue weighted by Crippen LogP contribution is -2.51. The van der Waals surface area contributed by atoms with Crippen molar-refractivity contribution in [1.82, 2.24) is 9.80 Å². The SMILES string of the molecule is CCOC(=O)C(C)(N)CCCCN1CCN(C)C(CC)C1. The number of rotatable bonds is 8. The molecule has 0 aliphatic carbocycles. The first-order valence-corrected chi connectivity index (χ1v) is 8.29. The van der Waals surface area contributed by atoms with E-state index in [4.69, 9.17) is 10.5 Å². The number of carbonyl (C=O) groups excluding carboxylic acids is 1. The Morgan fingerprint density at radius 2 is 2.05 bits per heavy atom. The van der Waals surface area contributed by atoms with Gasteiger partial charge in [0.1, 0.15) is 5.54 Å². The van der Waals surface area contributed by atoms with E-state index in [0.29, 0.717) is 19.1 Å². The van der Waals surface area contributed by atoms with Gasteiger partial charge in [0.25, 0.3) is 0 Å². The second-order valence-corrected chi connectivity index (χ2v) is 6.44. The highest BCUT2D eigenvalue weighted by molar-refractivity contribution is 5.79. The molecular formula is C16H33N3O2. The Labute approximate surface area is 129 Å². The third-order valence-corrected chi connectivity index (χ3v) is 4.49. The summed E-state index contributed by atoms with van der Waals surface area (Å²) < 4.78 is 5.01. The topological polar surface area (TPSA) is 58.8 Å². The van der Waals surface area contributed by atoms with Crippen molar-refractivity contribution in [3.8, 4) is 0 Å². The van der Waals surface area contributed by atoms with Gasteiger partial charge in [-0.25, -0.2) is 0 Å². The Kier molecular flexibility index (Phi) is 7.63. The van der Waals surface area contributed by atoms with Gasteiger partial charge in [0.15, 0.2) is 0 Å². The molecule has 5 heteroatoms. The van der Waals surface area contributed by atoms with Crippen LogP contribution in [0.3, 0.4) is 0 Å². The molecule has 1 aliphatic heterocycles. The molecule has 1 aliphatic rings. The summed E-state index contributed by atoms with van der Waals surface area (Å²) in [6.45, 7) is 10.8. The fourth-order valence-electron chi connectivity index (χ4n) is 2.88. The maximum Gasteiger partial charge on any atom is 0.325 e. The molecule has 0 radical (unpaired) electrons. The second kappa shape index (κ2) is 8.71. The average molecular weight is 299 g/mol. The van der Waals surface area contributed by atoms with Crippen molar-refractivity contribution in [2.45, 2.75) is 58.0 Å². The minimum Gasteiger partial charge on any atom is -0.465 e. The molecule has 0 aromatic heterocycles. The Balaban J connectivity index is 2.23. The number of unbranched alkanes of at least 4 members (excludes halogenated alkanes) is 1. The van der Waals surface area contributed by atoms with Gasteiger partial charge in [-0.05, 0) is 53.1 Å². The standard InChI is InChI=1S/C16H33N3O2/c1-5-14-13-19(12-11-18(14)4)10-8-7-9-16(3,17)15(20)21-6-2/h14H,5-13,17H2,1-4H3. The van der Waals surface area contributed by atoms with Crippen molar-refractivity contribution < 1.29 is 9.53 Å². The van der Waals surface area contributed by atoms with Crippen LogP contribution in [0, 0.1) is 0 Å². The van der Waals surface area contributed by atoms with Crippen LogP contribution in [0.15, 0.2) is 0 Å². The number of hydrogen-bond acceptors (Lipinski definition) is 5. The van der Waals surface area contributed by atoms with E-state index >= 15 is 0 Å². The number of esters is 1. The van der Waals surface area contributed by atoms with E-state index in [2.05, 4.69) is 23.8 Å². The summed E-state index contributed by atoms with van der Waals surface area (Å²) in [6, 6.07) is 0.679. The molecule has 2 N–H and O–H groups in total. The second-order valence-electron chi connectivity index (χ2n) is 6.44. The smallest absolute Gasteiger partial charge is 0.325 e. The van der Waals surface area contributed by atoms with Gasteiger partial charge in [-0.2, -0.15) is 0 Å². The molecule has 21 heavy (non-hydrogen) atoms. The zero-order valence-electron chi connectivity index (χ0n) is 14.2. The maximum atomic E-state index is 11.7. The van der Waals surface area contributed by atoms with E-state index in [1.807, 2.05) is 6.92 Å². The molecule has 2 unspecified atom stereocenters. The van der Waals surface area contributed by atoms with Gasteiger partial charge in [-0.3, -0.25) is 4.79 Å². The predicted molar refractivity (Wildman–Crippen MR) is 86.2 cm³/mol. The van der Waals surface area contributed by atoms with Crippen molar-refractivity contribution >= 4 is 5.97 Å². The summed E-state index contributed by atoms with van der Waals surface area (Å²) in [6.07, 6.45) is 3.95. The Morgan fingerprint density at radius 1 is 1.33 bits per heavy atom. The van der Waals surface area contributed by atoms with Gasteiger partial charge < -0.3 is 20.3 Å². The summed E-state index contributed by atoms with van der Waals surface area (Å²) in [5.41, 5.74) is 5.19. The number of nitrogens with zero attached hydrogens (tertiary/aromatic N) is 2. The lowest BCUT2D eigenvalue weighted by molar-refractivity contribution is -0.149. The van der Waals surface area contributed by atoms with Crippen LogP contribution in [0.25, 0.3) is 0 Å². The number of ether oxygens (including phenoxy) is 1. The van der Waals surface area contributed by atoms with E-state index in [9.17, 15) is 4.79 Å². The molecule has 5 nitrogen and oxygen atoms in total. The Bertz CT molecular complexity index is 321. The van der Waals surface area contributed by atoms with E-state index < -0.39 is 5.54 Å². The van der Waals surface area contributed by atoms with Crippen molar-refractivity contribution in [2.24, 2.45) is 5.73 Å². The maximum absolute atomic E-state index is 11.7. The minimum absolute atomic E-state index is 0.282. The van der Waals surface area contributed by atoms with E-state index in [-0.39, 0.29) is 5.97 Å². The number of likely N-dealkylation sites (N-methyl/N-ethyl adjacent to an activating group) is 1. The van der Waals surface area contributed by atoms with Crippen LogP contribution in [0.1, 0.15) is 46.5 Å². The average Bonchev–Trinajstić information content (AvgIpc) is 2.45. The van der Waals surface area contributed by atoms with Crippen LogP contribution in [0.5, 0.6) is 0 Å². The zero-order chi connectivity index (χ0) is 15.9. The fourth-order valence-corrected chi connectivity index (χ4v) is 2.88. The van der Waals surface area contributed by atoms with Crippen LogP contribution in [-0.4, -0.2) is 67.2 Å². The van der Waals surface area contributed by atoms with Gasteiger partial charge >= 0.3 is 5.97 Å².